The molecule has 0 bridgehead atoms. The van der Waals surface area contributed by atoms with Crippen molar-refractivity contribution < 1.29 is 19.1 Å². The highest BCUT2D eigenvalue weighted by Gasteiger charge is 2.20. The van der Waals surface area contributed by atoms with Crippen molar-refractivity contribution in [2.75, 3.05) is 19.0 Å². The van der Waals surface area contributed by atoms with Crippen LogP contribution in [0.4, 0.5) is 5.69 Å². The van der Waals surface area contributed by atoms with Crippen LogP contribution in [0.2, 0.25) is 0 Å². The van der Waals surface area contributed by atoms with Gasteiger partial charge >= 0.3 is 0 Å². The standard InChI is InChI=1S/C25H28N4O4S/c1-16(10-22-4-3-9-34-22)29(14-17-5-7-21(33-2)8-6-17)15-23(30)28-20-12-18(24(26)31)11-19(13-20)25(27)32/h3-9,11-13,16H,10,14-15H2,1-2H3,(H2,26,31)(H2,27,32)(H,28,30). The van der Waals surface area contributed by atoms with Gasteiger partial charge in [0.2, 0.25) is 17.7 Å². The number of methoxy groups -OCH3 is 1. The van der Waals surface area contributed by atoms with Crippen LogP contribution in [0.15, 0.2) is 60.0 Å². The minimum atomic E-state index is -0.718. The summed E-state index contributed by atoms with van der Waals surface area (Å²) in [6.07, 6.45) is 0.796. The maximum Gasteiger partial charge on any atom is 0.248 e. The molecule has 1 unspecified atom stereocenters. The SMILES string of the molecule is COc1ccc(CN(CC(=O)Nc2cc(C(N)=O)cc(C(N)=O)c2)C(C)Cc2cccs2)cc1. The summed E-state index contributed by atoms with van der Waals surface area (Å²) in [6.45, 7) is 2.73. The normalized spacial score (nSPS) is 11.7. The van der Waals surface area contributed by atoms with Gasteiger partial charge in [0.05, 0.1) is 13.7 Å². The molecule has 0 saturated carbocycles. The zero-order valence-electron chi connectivity index (χ0n) is 19.1. The molecule has 0 spiro atoms. The number of carbonyl (C=O) groups excluding carboxylic acids is 3. The number of nitrogens with one attached hydrogen (secondary N) is 1. The number of nitrogens with zero attached hydrogens (tertiary/aromatic N) is 1. The van der Waals surface area contributed by atoms with Crippen LogP contribution in [0.3, 0.4) is 0 Å². The first kappa shape index (κ1) is 24.9. The molecule has 0 saturated heterocycles. The third-order valence-corrected chi connectivity index (χ3v) is 6.28. The number of amides is 3. The molecule has 1 aromatic heterocycles. The van der Waals surface area contributed by atoms with Crippen molar-refractivity contribution in [3.8, 4) is 5.75 Å². The fraction of sp³-hybridized carbons (Fsp3) is 0.240. The third kappa shape index (κ3) is 6.90. The Morgan fingerprint density at radius 1 is 1.03 bits per heavy atom. The lowest BCUT2D eigenvalue weighted by molar-refractivity contribution is -0.118. The van der Waals surface area contributed by atoms with Gasteiger partial charge in [0.15, 0.2) is 0 Å². The Bertz CT molecular complexity index is 1110. The van der Waals surface area contributed by atoms with Crippen molar-refractivity contribution >= 4 is 34.7 Å². The van der Waals surface area contributed by atoms with E-state index in [0.717, 1.165) is 17.7 Å². The molecule has 9 heteroatoms. The van der Waals surface area contributed by atoms with E-state index in [1.165, 1.54) is 23.1 Å². The number of nitrogens with two attached hydrogens (primary N) is 2. The number of hydrogen-bond donors (Lipinski definition) is 3. The molecule has 0 aliphatic heterocycles. The summed E-state index contributed by atoms with van der Waals surface area (Å²) >= 11 is 1.68. The van der Waals surface area contributed by atoms with Crippen LogP contribution in [-0.2, 0) is 17.8 Å². The van der Waals surface area contributed by atoms with Gasteiger partial charge in [-0.1, -0.05) is 18.2 Å². The molecule has 5 N–H and O–H groups in total. The van der Waals surface area contributed by atoms with E-state index in [1.54, 1.807) is 18.4 Å². The maximum atomic E-state index is 13.0. The zero-order valence-corrected chi connectivity index (χ0v) is 19.9. The fourth-order valence-electron chi connectivity index (χ4n) is 3.55. The predicted octanol–water partition coefficient (Wildman–Crippen LogP) is 3.03. The quantitative estimate of drug-likeness (QED) is 0.389. The number of thiophene rings is 1. The number of carbonyl (C=O) groups is 3. The van der Waals surface area contributed by atoms with Crippen LogP contribution in [0.5, 0.6) is 5.75 Å². The molecule has 1 atom stereocenters. The molecule has 34 heavy (non-hydrogen) atoms. The van der Waals surface area contributed by atoms with Crippen molar-refractivity contribution in [3.63, 3.8) is 0 Å². The predicted molar refractivity (Wildman–Crippen MR) is 133 cm³/mol. The van der Waals surface area contributed by atoms with Gasteiger partial charge in [-0.2, -0.15) is 0 Å². The van der Waals surface area contributed by atoms with Gasteiger partial charge in [-0.05, 0) is 60.7 Å². The van der Waals surface area contributed by atoms with E-state index >= 15 is 0 Å². The Morgan fingerprint density at radius 3 is 2.21 bits per heavy atom. The number of hydrogen-bond acceptors (Lipinski definition) is 6. The highest BCUT2D eigenvalue weighted by Crippen LogP contribution is 2.19. The van der Waals surface area contributed by atoms with Crippen LogP contribution in [-0.4, -0.2) is 42.3 Å². The Kier molecular flexibility index (Phi) is 8.39. The summed E-state index contributed by atoms with van der Waals surface area (Å²) in [5.41, 5.74) is 12.2. The number of primary amides is 2. The molecule has 0 radical (unpaired) electrons. The summed E-state index contributed by atoms with van der Waals surface area (Å²) in [4.78, 5) is 39.5. The zero-order chi connectivity index (χ0) is 24.7. The average molecular weight is 481 g/mol. The summed E-state index contributed by atoms with van der Waals surface area (Å²) in [7, 11) is 1.62. The van der Waals surface area contributed by atoms with E-state index in [4.69, 9.17) is 16.2 Å². The minimum Gasteiger partial charge on any atom is -0.497 e. The molecule has 2 aromatic carbocycles. The summed E-state index contributed by atoms with van der Waals surface area (Å²) in [6, 6.07) is 16.0. The number of benzene rings is 2. The molecule has 0 aliphatic rings. The lowest BCUT2D eigenvalue weighted by Crippen LogP contribution is -2.40. The summed E-state index contributed by atoms with van der Waals surface area (Å²) in [5.74, 6) is -0.962. The van der Waals surface area contributed by atoms with Gasteiger partial charge < -0.3 is 21.5 Å². The second kappa shape index (κ2) is 11.4. The topological polar surface area (TPSA) is 128 Å². The van der Waals surface area contributed by atoms with E-state index in [0.29, 0.717) is 6.54 Å². The molecule has 8 nitrogen and oxygen atoms in total. The monoisotopic (exact) mass is 480 g/mol. The van der Waals surface area contributed by atoms with Gasteiger partial charge in [0, 0.05) is 34.3 Å². The Labute approximate surface area is 202 Å². The second-order valence-electron chi connectivity index (χ2n) is 7.96. The number of anilines is 1. The van der Waals surface area contributed by atoms with E-state index in [-0.39, 0.29) is 35.3 Å². The Morgan fingerprint density at radius 2 is 1.68 bits per heavy atom. The average Bonchev–Trinajstić information content (AvgIpc) is 3.31. The first-order valence-corrected chi connectivity index (χ1v) is 11.6. The molecule has 0 aliphatic carbocycles. The van der Waals surface area contributed by atoms with Gasteiger partial charge in [0.25, 0.3) is 0 Å². The fourth-order valence-corrected chi connectivity index (χ4v) is 4.38. The van der Waals surface area contributed by atoms with Crippen molar-refractivity contribution in [1.29, 1.82) is 0 Å². The lowest BCUT2D eigenvalue weighted by Gasteiger charge is -2.28. The van der Waals surface area contributed by atoms with Crippen LogP contribution in [0.25, 0.3) is 0 Å². The van der Waals surface area contributed by atoms with E-state index in [2.05, 4.69) is 23.2 Å². The third-order valence-electron chi connectivity index (χ3n) is 5.38. The van der Waals surface area contributed by atoms with Gasteiger partial charge in [-0.25, -0.2) is 0 Å². The number of rotatable bonds is 11. The van der Waals surface area contributed by atoms with E-state index in [1.807, 2.05) is 35.7 Å². The molecular weight excluding hydrogens is 452 g/mol. The molecule has 3 amide bonds. The smallest absolute Gasteiger partial charge is 0.248 e. The molecule has 3 aromatic rings. The van der Waals surface area contributed by atoms with Crippen molar-refractivity contribution in [1.82, 2.24) is 4.90 Å². The Balaban J connectivity index is 1.78. The maximum absolute atomic E-state index is 13.0. The summed E-state index contributed by atoms with van der Waals surface area (Å²) in [5, 5.41) is 4.80. The van der Waals surface area contributed by atoms with Crippen molar-refractivity contribution in [2.24, 2.45) is 11.5 Å². The van der Waals surface area contributed by atoms with E-state index in [9.17, 15) is 14.4 Å². The largest absolute Gasteiger partial charge is 0.497 e. The van der Waals surface area contributed by atoms with Crippen LogP contribution < -0.4 is 21.5 Å². The van der Waals surface area contributed by atoms with Crippen molar-refractivity contribution in [3.05, 3.63) is 81.5 Å². The van der Waals surface area contributed by atoms with Gasteiger partial charge in [-0.3, -0.25) is 19.3 Å². The van der Waals surface area contributed by atoms with Crippen molar-refractivity contribution in [2.45, 2.75) is 25.9 Å². The van der Waals surface area contributed by atoms with Crippen LogP contribution in [0, 0.1) is 0 Å². The molecule has 0 fully saturated rings. The van der Waals surface area contributed by atoms with Crippen LogP contribution >= 0.6 is 11.3 Å². The second-order valence-corrected chi connectivity index (χ2v) is 8.99. The van der Waals surface area contributed by atoms with Gasteiger partial charge in [0.1, 0.15) is 5.75 Å². The lowest BCUT2D eigenvalue weighted by atomic mass is 10.1. The minimum absolute atomic E-state index is 0.0737. The summed E-state index contributed by atoms with van der Waals surface area (Å²) < 4.78 is 5.23. The van der Waals surface area contributed by atoms with Gasteiger partial charge in [-0.15, -0.1) is 11.3 Å². The highest BCUT2D eigenvalue weighted by molar-refractivity contribution is 7.09. The molecule has 3 rings (SSSR count). The molecular formula is C25H28N4O4S. The van der Waals surface area contributed by atoms with E-state index < -0.39 is 11.8 Å². The first-order valence-electron chi connectivity index (χ1n) is 10.7. The number of ether oxygens (including phenoxy) is 1. The Hall–Kier alpha value is -3.69. The highest BCUT2D eigenvalue weighted by atomic mass is 32.1. The molecule has 178 valence electrons. The molecule has 1 heterocycles. The first-order chi connectivity index (χ1) is 16.2. The van der Waals surface area contributed by atoms with Crippen LogP contribution in [0.1, 0.15) is 38.1 Å².